The molecule has 1 heterocycles. The Bertz CT molecular complexity index is 1240. The number of ether oxygens (including phenoxy) is 1. The lowest BCUT2D eigenvalue weighted by Gasteiger charge is -2.09. The highest BCUT2D eigenvalue weighted by Crippen LogP contribution is 2.25. The standard InChI is InChI=1S/C24H22N4O3/c1-15(2)31-18-10-7-17(8-11-18)21-13-22(27-26-21)24(30)28-25-14-20-19-6-4-3-5-16(19)9-12-23(20)29/h3-15,29H,1-2H3,(H,26,27)(H,28,30)/b25-14-. The number of carbonyl (C=O) groups excluding carboxylic acids is 1. The highest BCUT2D eigenvalue weighted by molar-refractivity contribution is 6.03. The van der Waals surface area contributed by atoms with Gasteiger partial charge in [-0.2, -0.15) is 10.2 Å². The van der Waals surface area contributed by atoms with Gasteiger partial charge in [0, 0.05) is 11.1 Å². The maximum Gasteiger partial charge on any atom is 0.289 e. The van der Waals surface area contributed by atoms with E-state index in [2.05, 4.69) is 20.7 Å². The first-order chi connectivity index (χ1) is 15.0. The summed E-state index contributed by atoms with van der Waals surface area (Å²) in [5.74, 6) is 0.429. The molecule has 31 heavy (non-hydrogen) atoms. The first-order valence-corrected chi connectivity index (χ1v) is 9.88. The van der Waals surface area contributed by atoms with Crippen molar-refractivity contribution < 1.29 is 14.6 Å². The number of aromatic nitrogens is 2. The fourth-order valence-corrected chi connectivity index (χ4v) is 3.20. The fourth-order valence-electron chi connectivity index (χ4n) is 3.20. The highest BCUT2D eigenvalue weighted by atomic mass is 16.5. The highest BCUT2D eigenvalue weighted by Gasteiger charge is 2.11. The lowest BCUT2D eigenvalue weighted by atomic mass is 10.0. The van der Waals surface area contributed by atoms with Crippen LogP contribution in [0.4, 0.5) is 0 Å². The second kappa shape index (κ2) is 8.71. The van der Waals surface area contributed by atoms with E-state index in [0.29, 0.717) is 11.3 Å². The lowest BCUT2D eigenvalue weighted by molar-refractivity contribution is 0.0950. The number of rotatable bonds is 6. The number of aromatic amines is 1. The smallest absolute Gasteiger partial charge is 0.289 e. The number of amides is 1. The van der Waals surface area contributed by atoms with Crippen molar-refractivity contribution in [3.8, 4) is 22.8 Å². The van der Waals surface area contributed by atoms with Gasteiger partial charge in [0.1, 0.15) is 17.2 Å². The predicted molar refractivity (Wildman–Crippen MR) is 120 cm³/mol. The minimum Gasteiger partial charge on any atom is -0.507 e. The molecule has 0 aliphatic heterocycles. The van der Waals surface area contributed by atoms with E-state index in [1.165, 1.54) is 6.21 Å². The van der Waals surface area contributed by atoms with Crippen molar-refractivity contribution in [3.05, 3.63) is 78.0 Å². The quantitative estimate of drug-likeness (QED) is 0.320. The minimum atomic E-state index is -0.436. The van der Waals surface area contributed by atoms with E-state index in [1.807, 2.05) is 68.4 Å². The van der Waals surface area contributed by atoms with E-state index in [1.54, 1.807) is 12.1 Å². The molecule has 1 aromatic heterocycles. The third-order valence-electron chi connectivity index (χ3n) is 4.65. The van der Waals surface area contributed by atoms with Crippen LogP contribution in [0.2, 0.25) is 0 Å². The van der Waals surface area contributed by atoms with E-state index < -0.39 is 5.91 Å². The van der Waals surface area contributed by atoms with Crippen molar-refractivity contribution >= 4 is 22.9 Å². The molecule has 7 nitrogen and oxygen atoms in total. The Morgan fingerprint density at radius 1 is 1.13 bits per heavy atom. The molecular weight excluding hydrogens is 392 g/mol. The molecule has 0 atom stereocenters. The molecule has 0 unspecified atom stereocenters. The summed E-state index contributed by atoms with van der Waals surface area (Å²) >= 11 is 0. The predicted octanol–water partition coefficient (Wildman–Crippen LogP) is 4.49. The Morgan fingerprint density at radius 2 is 1.90 bits per heavy atom. The van der Waals surface area contributed by atoms with Gasteiger partial charge in [-0.15, -0.1) is 0 Å². The van der Waals surface area contributed by atoms with Gasteiger partial charge in [0.2, 0.25) is 0 Å². The van der Waals surface area contributed by atoms with Crippen molar-refractivity contribution in [1.82, 2.24) is 15.6 Å². The Hall–Kier alpha value is -4.13. The van der Waals surface area contributed by atoms with Crippen molar-refractivity contribution in [3.63, 3.8) is 0 Å². The first-order valence-electron chi connectivity index (χ1n) is 9.88. The number of phenolic OH excluding ortho intramolecular Hbond substituents is 1. The second-order valence-corrected chi connectivity index (χ2v) is 7.28. The Kier molecular flexibility index (Phi) is 5.66. The molecular formula is C24H22N4O3. The molecule has 4 aromatic rings. The number of fused-ring (bicyclic) bond motifs is 1. The van der Waals surface area contributed by atoms with Crippen molar-refractivity contribution in [2.45, 2.75) is 20.0 Å². The van der Waals surface area contributed by atoms with Crippen LogP contribution in [0.5, 0.6) is 11.5 Å². The first kappa shape index (κ1) is 20.2. The van der Waals surface area contributed by atoms with Crippen LogP contribution in [0, 0.1) is 0 Å². The maximum absolute atomic E-state index is 12.4. The molecule has 0 bridgehead atoms. The van der Waals surface area contributed by atoms with Crippen molar-refractivity contribution in [2.75, 3.05) is 0 Å². The van der Waals surface area contributed by atoms with Crippen LogP contribution >= 0.6 is 0 Å². The Labute approximate surface area is 179 Å². The fraction of sp³-hybridized carbons (Fsp3) is 0.125. The molecule has 0 radical (unpaired) electrons. The molecule has 0 aliphatic carbocycles. The number of hydrogen-bond donors (Lipinski definition) is 3. The van der Waals surface area contributed by atoms with Gasteiger partial charge in [-0.05, 0) is 61.0 Å². The Morgan fingerprint density at radius 3 is 2.68 bits per heavy atom. The topological polar surface area (TPSA) is 99.6 Å². The molecule has 0 fully saturated rings. The molecule has 1 amide bonds. The zero-order valence-electron chi connectivity index (χ0n) is 17.2. The summed E-state index contributed by atoms with van der Waals surface area (Å²) in [5, 5.41) is 22.9. The van der Waals surface area contributed by atoms with Crippen LogP contribution < -0.4 is 10.2 Å². The third kappa shape index (κ3) is 4.56. The summed E-state index contributed by atoms with van der Waals surface area (Å²) in [6.45, 7) is 3.94. The molecule has 7 heteroatoms. The summed E-state index contributed by atoms with van der Waals surface area (Å²) in [4.78, 5) is 12.4. The third-order valence-corrected chi connectivity index (χ3v) is 4.65. The lowest BCUT2D eigenvalue weighted by Crippen LogP contribution is -2.18. The van der Waals surface area contributed by atoms with Gasteiger partial charge < -0.3 is 9.84 Å². The van der Waals surface area contributed by atoms with E-state index in [-0.39, 0.29) is 17.5 Å². The van der Waals surface area contributed by atoms with Crippen LogP contribution in [-0.2, 0) is 0 Å². The largest absolute Gasteiger partial charge is 0.507 e. The molecule has 0 saturated heterocycles. The van der Waals surface area contributed by atoms with Crippen LogP contribution in [0.15, 0.2) is 71.8 Å². The number of benzene rings is 3. The molecule has 3 N–H and O–H groups in total. The van der Waals surface area contributed by atoms with Gasteiger partial charge >= 0.3 is 0 Å². The van der Waals surface area contributed by atoms with Crippen LogP contribution in [0.1, 0.15) is 29.9 Å². The van der Waals surface area contributed by atoms with E-state index >= 15 is 0 Å². The van der Waals surface area contributed by atoms with Crippen LogP contribution in [0.25, 0.3) is 22.0 Å². The SMILES string of the molecule is CC(C)Oc1ccc(-c2cc(C(=O)N/N=C\c3c(O)ccc4ccccc34)[nH]n2)cc1. The van der Waals surface area contributed by atoms with E-state index in [9.17, 15) is 9.90 Å². The molecule has 3 aromatic carbocycles. The minimum absolute atomic E-state index is 0.0884. The number of hydrazone groups is 1. The average Bonchev–Trinajstić information content (AvgIpc) is 3.26. The van der Waals surface area contributed by atoms with E-state index in [0.717, 1.165) is 22.1 Å². The maximum atomic E-state index is 12.4. The zero-order chi connectivity index (χ0) is 21.8. The summed E-state index contributed by atoms with van der Waals surface area (Å²) in [7, 11) is 0. The monoisotopic (exact) mass is 414 g/mol. The number of H-pyrrole nitrogens is 1. The zero-order valence-corrected chi connectivity index (χ0v) is 17.2. The van der Waals surface area contributed by atoms with Crippen LogP contribution in [0.3, 0.4) is 0 Å². The van der Waals surface area contributed by atoms with Gasteiger partial charge in [-0.3, -0.25) is 9.89 Å². The number of nitrogens with zero attached hydrogens (tertiary/aromatic N) is 2. The van der Waals surface area contributed by atoms with Crippen molar-refractivity contribution in [1.29, 1.82) is 0 Å². The normalized spacial score (nSPS) is 11.3. The summed E-state index contributed by atoms with van der Waals surface area (Å²) in [6, 6.07) is 20.2. The number of hydrogen-bond acceptors (Lipinski definition) is 5. The summed E-state index contributed by atoms with van der Waals surface area (Å²) in [5.41, 5.74) is 4.77. The number of nitrogens with one attached hydrogen (secondary N) is 2. The van der Waals surface area contributed by atoms with Gasteiger partial charge in [0.25, 0.3) is 5.91 Å². The molecule has 0 spiro atoms. The molecule has 0 aliphatic rings. The van der Waals surface area contributed by atoms with Gasteiger partial charge in [0.05, 0.1) is 18.0 Å². The number of phenols is 1. The van der Waals surface area contributed by atoms with E-state index in [4.69, 9.17) is 4.74 Å². The summed E-state index contributed by atoms with van der Waals surface area (Å²) in [6.07, 6.45) is 1.53. The van der Waals surface area contributed by atoms with Gasteiger partial charge in [-0.1, -0.05) is 30.3 Å². The second-order valence-electron chi connectivity index (χ2n) is 7.28. The summed E-state index contributed by atoms with van der Waals surface area (Å²) < 4.78 is 5.64. The Balaban J connectivity index is 1.46. The van der Waals surface area contributed by atoms with Gasteiger partial charge in [0.15, 0.2) is 0 Å². The van der Waals surface area contributed by atoms with Crippen molar-refractivity contribution in [2.24, 2.45) is 5.10 Å². The average molecular weight is 414 g/mol. The molecule has 156 valence electrons. The van der Waals surface area contributed by atoms with Gasteiger partial charge in [-0.25, -0.2) is 5.43 Å². The number of carbonyl (C=O) groups is 1. The van der Waals surface area contributed by atoms with Crippen LogP contribution in [-0.4, -0.2) is 33.5 Å². The number of aromatic hydroxyl groups is 1. The molecule has 0 saturated carbocycles. The molecule has 4 rings (SSSR count).